The SMILES string of the molecule is CCOc1cc([C@@H]2CC(=O)Nc3c(-c4ccc(OC)cc4)csc32)ccc1OCC(N)=O. The first-order valence-electron chi connectivity index (χ1n) is 10.2. The fraction of sp³-hybridized carbons (Fsp3) is 0.250. The van der Waals surface area contributed by atoms with Gasteiger partial charge >= 0.3 is 0 Å². The minimum Gasteiger partial charge on any atom is -0.497 e. The van der Waals surface area contributed by atoms with Gasteiger partial charge in [-0.2, -0.15) is 0 Å². The van der Waals surface area contributed by atoms with E-state index in [-0.39, 0.29) is 18.4 Å². The van der Waals surface area contributed by atoms with Gasteiger partial charge in [0.25, 0.3) is 5.91 Å². The predicted octanol–water partition coefficient (Wildman–Crippen LogP) is 4.16. The first-order valence-corrected chi connectivity index (χ1v) is 11.1. The summed E-state index contributed by atoms with van der Waals surface area (Å²) >= 11 is 1.62. The van der Waals surface area contributed by atoms with E-state index in [1.165, 1.54) is 0 Å². The average molecular weight is 453 g/mol. The van der Waals surface area contributed by atoms with E-state index in [0.29, 0.717) is 24.5 Å². The number of amides is 2. The molecular formula is C24H24N2O5S. The van der Waals surface area contributed by atoms with Crippen molar-refractivity contribution < 1.29 is 23.8 Å². The summed E-state index contributed by atoms with van der Waals surface area (Å²) in [7, 11) is 1.63. The lowest BCUT2D eigenvalue weighted by Gasteiger charge is -2.25. The van der Waals surface area contributed by atoms with Crippen LogP contribution in [0.4, 0.5) is 5.69 Å². The van der Waals surface area contributed by atoms with Gasteiger partial charge in [-0.15, -0.1) is 11.3 Å². The van der Waals surface area contributed by atoms with Gasteiger partial charge in [0, 0.05) is 28.2 Å². The number of anilines is 1. The van der Waals surface area contributed by atoms with E-state index in [2.05, 4.69) is 10.7 Å². The largest absolute Gasteiger partial charge is 0.497 e. The second-order valence-electron chi connectivity index (χ2n) is 7.32. The minimum atomic E-state index is -0.560. The Morgan fingerprint density at radius 3 is 2.62 bits per heavy atom. The highest BCUT2D eigenvalue weighted by molar-refractivity contribution is 7.11. The van der Waals surface area contributed by atoms with E-state index in [4.69, 9.17) is 19.9 Å². The minimum absolute atomic E-state index is 0.0392. The molecule has 0 saturated heterocycles. The Hall–Kier alpha value is -3.52. The molecule has 7 nitrogen and oxygen atoms in total. The molecule has 0 bridgehead atoms. The van der Waals surface area contributed by atoms with Crippen LogP contribution in [0.15, 0.2) is 47.8 Å². The summed E-state index contributed by atoms with van der Waals surface area (Å²) in [5, 5.41) is 5.12. The summed E-state index contributed by atoms with van der Waals surface area (Å²) < 4.78 is 16.5. The van der Waals surface area contributed by atoms with Gasteiger partial charge in [0.1, 0.15) is 5.75 Å². The Bertz CT molecular complexity index is 1140. The summed E-state index contributed by atoms with van der Waals surface area (Å²) in [6, 6.07) is 13.3. The van der Waals surface area contributed by atoms with E-state index in [9.17, 15) is 9.59 Å². The van der Waals surface area contributed by atoms with Crippen molar-refractivity contribution in [2.24, 2.45) is 5.73 Å². The molecule has 0 unspecified atom stereocenters. The molecule has 0 saturated carbocycles. The Morgan fingerprint density at radius 2 is 1.94 bits per heavy atom. The number of rotatable bonds is 8. The van der Waals surface area contributed by atoms with Crippen LogP contribution in [0.2, 0.25) is 0 Å². The topological polar surface area (TPSA) is 99.9 Å². The van der Waals surface area contributed by atoms with Crippen LogP contribution in [0.25, 0.3) is 11.1 Å². The molecule has 2 aromatic carbocycles. The van der Waals surface area contributed by atoms with Gasteiger partial charge in [0.2, 0.25) is 5.91 Å². The third-order valence-corrected chi connectivity index (χ3v) is 6.33. The van der Waals surface area contributed by atoms with Gasteiger partial charge in [-0.1, -0.05) is 18.2 Å². The highest BCUT2D eigenvalue weighted by Gasteiger charge is 2.31. The second-order valence-corrected chi connectivity index (χ2v) is 8.23. The van der Waals surface area contributed by atoms with Crippen molar-refractivity contribution in [3.63, 3.8) is 0 Å². The Balaban J connectivity index is 1.70. The summed E-state index contributed by atoms with van der Waals surface area (Å²) in [5.41, 5.74) is 8.97. The Kier molecular flexibility index (Phi) is 6.32. The summed E-state index contributed by atoms with van der Waals surface area (Å²) in [5.74, 6) is 1.03. The smallest absolute Gasteiger partial charge is 0.255 e. The van der Waals surface area contributed by atoms with Gasteiger partial charge in [-0.05, 0) is 42.3 Å². The van der Waals surface area contributed by atoms with Gasteiger partial charge in [0.15, 0.2) is 18.1 Å². The maximum Gasteiger partial charge on any atom is 0.255 e. The lowest BCUT2D eigenvalue weighted by Crippen LogP contribution is -2.22. The van der Waals surface area contributed by atoms with Gasteiger partial charge < -0.3 is 25.3 Å². The third kappa shape index (κ3) is 4.40. The van der Waals surface area contributed by atoms with E-state index in [1.54, 1.807) is 24.5 Å². The third-order valence-electron chi connectivity index (χ3n) is 5.23. The van der Waals surface area contributed by atoms with Crippen molar-refractivity contribution in [1.29, 1.82) is 0 Å². The van der Waals surface area contributed by atoms with Crippen LogP contribution in [0.5, 0.6) is 17.2 Å². The van der Waals surface area contributed by atoms with Crippen molar-refractivity contribution in [2.75, 3.05) is 25.6 Å². The van der Waals surface area contributed by atoms with Crippen LogP contribution in [0.1, 0.15) is 29.7 Å². The Morgan fingerprint density at radius 1 is 1.16 bits per heavy atom. The van der Waals surface area contributed by atoms with Crippen molar-refractivity contribution >= 4 is 28.8 Å². The quantitative estimate of drug-likeness (QED) is 0.535. The zero-order valence-corrected chi connectivity index (χ0v) is 18.7. The highest BCUT2D eigenvalue weighted by atomic mass is 32.1. The Labute approximate surface area is 190 Å². The van der Waals surface area contributed by atoms with Gasteiger partial charge in [-0.25, -0.2) is 0 Å². The zero-order chi connectivity index (χ0) is 22.7. The zero-order valence-electron chi connectivity index (χ0n) is 17.8. The van der Waals surface area contributed by atoms with Crippen molar-refractivity contribution in [3.8, 4) is 28.4 Å². The molecule has 0 fully saturated rings. The molecule has 1 atom stereocenters. The highest BCUT2D eigenvalue weighted by Crippen LogP contribution is 2.47. The number of nitrogens with one attached hydrogen (secondary N) is 1. The molecule has 3 aromatic rings. The molecular weight excluding hydrogens is 428 g/mol. The van der Waals surface area contributed by atoms with E-state index < -0.39 is 5.91 Å². The molecule has 1 aliphatic heterocycles. The number of methoxy groups -OCH3 is 1. The number of fused-ring (bicyclic) bond motifs is 1. The number of ether oxygens (including phenoxy) is 3. The number of carbonyl (C=O) groups is 2. The molecule has 166 valence electrons. The molecule has 32 heavy (non-hydrogen) atoms. The van der Waals surface area contributed by atoms with Gasteiger partial charge in [0.05, 0.1) is 19.4 Å². The number of hydrogen-bond acceptors (Lipinski definition) is 6. The fourth-order valence-electron chi connectivity index (χ4n) is 3.76. The number of benzene rings is 2. The normalized spacial score (nSPS) is 14.9. The molecule has 0 radical (unpaired) electrons. The van der Waals surface area contributed by atoms with Gasteiger partial charge in [-0.3, -0.25) is 9.59 Å². The fourth-order valence-corrected chi connectivity index (χ4v) is 4.92. The monoisotopic (exact) mass is 452 g/mol. The summed E-state index contributed by atoms with van der Waals surface area (Å²) in [4.78, 5) is 24.8. The molecule has 8 heteroatoms. The molecule has 1 aromatic heterocycles. The molecule has 4 rings (SSSR count). The summed E-state index contributed by atoms with van der Waals surface area (Å²) in [6.07, 6.45) is 0.336. The van der Waals surface area contributed by atoms with Crippen LogP contribution in [-0.2, 0) is 9.59 Å². The number of thiophene rings is 1. The van der Waals surface area contributed by atoms with E-state index in [0.717, 1.165) is 33.0 Å². The standard InChI is InChI=1S/C24H24N2O5S/c1-3-30-20-10-15(6-9-19(20)31-12-21(25)27)17-11-22(28)26-23-18(13-32-24(17)23)14-4-7-16(29-2)8-5-14/h4-10,13,17H,3,11-12H2,1-2H3,(H2,25,27)(H,26,28)/t17-/m0/s1. The van der Waals surface area contributed by atoms with Crippen molar-refractivity contribution in [2.45, 2.75) is 19.3 Å². The van der Waals surface area contributed by atoms with E-state index in [1.807, 2.05) is 43.3 Å². The van der Waals surface area contributed by atoms with Crippen LogP contribution < -0.4 is 25.3 Å². The van der Waals surface area contributed by atoms with Crippen molar-refractivity contribution in [3.05, 3.63) is 58.3 Å². The lowest BCUT2D eigenvalue weighted by molar-refractivity contribution is -0.120. The molecule has 2 heterocycles. The number of primary amides is 1. The van der Waals surface area contributed by atoms with Crippen LogP contribution in [0, 0.1) is 0 Å². The number of carbonyl (C=O) groups excluding carboxylic acids is 2. The first kappa shape index (κ1) is 21.7. The molecule has 2 amide bonds. The van der Waals surface area contributed by atoms with E-state index >= 15 is 0 Å². The maximum atomic E-state index is 12.6. The number of hydrogen-bond donors (Lipinski definition) is 2. The summed E-state index contributed by atoms with van der Waals surface area (Å²) in [6.45, 7) is 2.08. The van der Waals surface area contributed by atoms with Crippen LogP contribution >= 0.6 is 11.3 Å². The second kappa shape index (κ2) is 9.32. The lowest BCUT2D eigenvalue weighted by atomic mass is 9.89. The first-order chi connectivity index (χ1) is 15.5. The molecule has 0 aliphatic carbocycles. The van der Waals surface area contributed by atoms with Crippen LogP contribution in [-0.4, -0.2) is 32.1 Å². The molecule has 1 aliphatic rings. The van der Waals surface area contributed by atoms with Crippen molar-refractivity contribution in [1.82, 2.24) is 0 Å². The predicted molar refractivity (Wildman–Crippen MR) is 124 cm³/mol. The average Bonchev–Trinajstić information content (AvgIpc) is 3.21. The molecule has 0 spiro atoms. The van der Waals surface area contributed by atoms with Crippen LogP contribution in [0.3, 0.4) is 0 Å². The number of nitrogens with two attached hydrogens (primary N) is 1. The molecule has 3 N–H and O–H groups in total. The maximum absolute atomic E-state index is 12.6.